The van der Waals surface area contributed by atoms with Crippen molar-refractivity contribution < 1.29 is 4.79 Å². The van der Waals surface area contributed by atoms with Gasteiger partial charge in [0.2, 0.25) is 0 Å². The van der Waals surface area contributed by atoms with Gasteiger partial charge < -0.3 is 5.32 Å². The van der Waals surface area contributed by atoms with Crippen molar-refractivity contribution >= 4 is 17.2 Å². The monoisotopic (exact) mass is 237 g/mol. The molecular weight excluding hydrogens is 218 g/mol. The number of rotatable bonds is 2. The second kappa shape index (κ2) is 5.48. The van der Waals surface area contributed by atoms with Crippen LogP contribution in [0.2, 0.25) is 0 Å². The van der Waals surface area contributed by atoms with Gasteiger partial charge in [-0.1, -0.05) is 25.7 Å². The maximum Gasteiger partial charge on any atom is 0.261 e. The number of hydrogen-bond donors (Lipinski definition) is 1. The molecule has 0 spiro atoms. The Morgan fingerprint density at radius 2 is 1.94 bits per heavy atom. The minimum atomic E-state index is 0.116. The fourth-order valence-corrected chi connectivity index (χ4v) is 3.01. The van der Waals surface area contributed by atoms with E-state index in [2.05, 4.69) is 5.32 Å². The molecule has 2 rings (SSSR count). The Morgan fingerprint density at radius 1 is 1.25 bits per heavy atom. The molecule has 0 aromatic carbocycles. The lowest BCUT2D eigenvalue weighted by atomic mass is 10.1. The number of thiophene rings is 1. The molecule has 16 heavy (non-hydrogen) atoms. The fraction of sp³-hybridized carbons (Fsp3) is 0.615. The molecule has 0 atom stereocenters. The molecule has 1 amide bonds. The van der Waals surface area contributed by atoms with E-state index in [-0.39, 0.29) is 5.91 Å². The van der Waals surface area contributed by atoms with Crippen LogP contribution in [0.3, 0.4) is 0 Å². The first kappa shape index (κ1) is 11.6. The van der Waals surface area contributed by atoms with Crippen molar-refractivity contribution in [3.8, 4) is 0 Å². The topological polar surface area (TPSA) is 29.1 Å². The van der Waals surface area contributed by atoms with E-state index in [1.54, 1.807) is 11.3 Å². The zero-order valence-electron chi connectivity index (χ0n) is 9.79. The van der Waals surface area contributed by atoms with Crippen molar-refractivity contribution in [1.29, 1.82) is 0 Å². The molecule has 1 fully saturated rings. The van der Waals surface area contributed by atoms with Crippen LogP contribution >= 0.6 is 11.3 Å². The second-order valence-corrected chi connectivity index (χ2v) is 5.86. The minimum Gasteiger partial charge on any atom is -0.349 e. The van der Waals surface area contributed by atoms with Crippen molar-refractivity contribution in [2.24, 2.45) is 0 Å². The summed E-state index contributed by atoms with van der Waals surface area (Å²) in [5, 5.41) is 3.16. The van der Waals surface area contributed by atoms with Crippen molar-refractivity contribution in [1.82, 2.24) is 5.32 Å². The molecule has 3 heteroatoms. The number of carbonyl (C=O) groups is 1. The van der Waals surface area contributed by atoms with Crippen LogP contribution in [-0.2, 0) is 0 Å². The highest BCUT2D eigenvalue weighted by atomic mass is 32.1. The van der Waals surface area contributed by atoms with Gasteiger partial charge in [0.1, 0.15) is 0 Å². The molecule has 1 saturated carbocycles. The van der Waals surface area contributed by atoms with Gasteiger partial charge in [0, 0.05) is 10.9 Å². The zero-order valence-corrected chi connectivity index (χ0v) is 10.6. The fourth-order valence-electron chi connectivity index (χ4n) is 2.24. The van der Waals surface area contributed by atoms with Gasteiger partial charge in [0.15, 0.2) is 0 Å². The van der Waals surface area contributed by atoms with Crippen molar-refractivity contribution in [2.45, 2.75) is 51.5 Å². The lowest BCUT2D eigenvalue weighted by Crippen LogP contribution is -2.33. The zero-order chi connectivity index (χ0) is 11.4. The average Bonchev–Trinajstić information content (AvgIpc) is 2.54. The Hall–Kier alpha value is -0.830. The van der Waals surface area contributed by atoms with Crippen LogP contribution in [-0.4, -0.2) is 11.9 Å². The van der Waals surface area contributed by atoms with Crippen LogP contribution in [0, 0.1) is 6.92 Å². The third-order valence-electron chi connectivity index (χ3n) is 3.15. The Morgan fingerprint density at radius 3 is 2.50 bits per heavy atom. The predicted octanol–water partition coefficient (Wildman–Crippen LogP) is 3.51. The van der Waals surface area contributed by atoms with Crippen LogP contribution in [0.4, 0.5) is 0 Å². The summed E-state index contributed by atoms with van der Waals surface area (Å²) in [7, 11) is 0. The highest BCUT2D eigenvalue weighted by Gasteiger charge is 2.16. The molecule has 1 N–H and O–H groups in total. The smallest absolute Gasteiger partial charge is 0.261 e. The average molecular weight is 237 g/mol. The summed E-state index contributed by atoms with van der Waals surface area (Å²) in [5.74, 6) is 0.116. The molecule has 1 heterocycles. The normalized spacial score (nSPS) is 18.1. The van der Waals surface area contributed by atoms with E-state index in [1.807, 2.05) is 19.1 Å². The largest absolute Gasteiger partial charge is 0.349 e. The Kier molecular flexibility index (Phi) is 3.99. The van der Waals surface area contributed by atoms with E-state index in [9.17, 15) is 4.79 Å². The molecule has 2 nitrogen and oxygen atoms in total. The summed E-state index contributed by atoms with van der Waals surface area (Å²) >= 11 is 1.58. The standard InChI is InChI=1S/C13H19NOS/c1-10-8-9-12(16-10)13(15)14-11-6-4-2-3-5-7-11/h8-9,11H,2-7H2,1H3,(H,14,15). The summed E-state index contributed by atoms with van der Waals surface area (Å²) in [6.07, 6.45) is 7.46. The first-order chi connectivity index (χ1) is 7.75. The molecule has 1 aromatic rings. The van der Waals surface area contributed by atoms with Gasteiger partial charge in [-0.2, -0.15) is 0 Å². The molecule has 0 aliphatic heterocycles. The molecule has 88 valence electrons. The van der Waals surface area contributed by atoms with E-state index in [0.717, 1.165) is 17.7 Å². The van der Waals surface area contributed by atoms with E-state index in [4.69, 9.17) is 0 Å². The summed E-state index contributed by atoms with van der Waals surface area (Å²) < 4.78 is 0. The Balaban J connectivity index is 1.90. The van der Waals surface area contributed by atoms with Gasteiger partial charge in [-0.25, -0.2) is 0 Å². The number of hydrogen-bond acceptors (Lipinski definition) is 2. The number of nitrogens with one attached hydrogen (secondary N) is 1. The summed E-state index contributed by atoms with van der Waals surface area (Å²) in [4.78, 5) is 14.0. The number of aryl methyl sites for hydroxylation is 1. The van der Waals surface area contributed by atoms with E-state index < -0.39 is 0 Å². The van der Waals surface area contributed by atoms with Gasteiger partial charge in [0.05, 0.1) is 4.88 Å². The third-order valence-corrected chi connectivity index (χ3v) is 4.15. The third kappa shape index (κ3) is 3.08. The summed E-state index contributed by atoms with van der Waals surface area (Å²) in [6, 6.07) is 4.33. The van der Waals surface area contributed by atoms with E-state index >= 15 is 0 Å². The quantitative estimate of drug-likeness (QED) is 0.784. The van der Waals surface area contributed by atoms with E-state index in [1.165, 1.54) is 30.6 Å². The SMILES string of the molecule is Cc1ccc(C(=O)NC2CCCCCC2)s1. The number of carbonyl (C=O) groups excluding carboxylic acids is 1. The molecule has 1 aliphatic rings. The molecule has 1 aromatic heterocycles. The maximum absolute atomic E-state index is 11.9. The van der Waals surface area contributed by atoms with Crippen LogP contribution < -0.4 is 5.32 Å². The van der Waals surface area contributed by atoms with E-state index in [0.29, 0.717) is 6.04 Å². The molecular formula is C13H19NOS. The summed E-state index contributed by atoms with van der Waals surface area (Å²) in [6.45, 7) is 2.03. The molecule has 1 aliphatic carbocycles. The van der Waals surface area contributed by atoms with Gasteiger partial charge in [-0.05, 0) is 31.9 Å². The first-order valence-corrected chi connectivity index (χ1v) is 6.94. The van der Waals surface area contributed by atoms with Gasteiger partial charge in [-0.3, -0.25) is 4.79 Å². The minimum absolute atomic E-state index is 0.116. The summed E-state index contributed by atoms with van der Waals surface area (Å²) in [5.41, 5.74) is 0. The van der Waals surface area contributed by atoms with Gasteiger partial charge >= 0.3 is 0 Å². The first-order valence-electron chi connectivity index (χ1n) is 6.13. The van der Waals surface area contributed by atoms with Crippen LogP contribution in [0.15, 0.2) is 12.1 Å². The highest BCUT2D eigenvalue weighted by molar-refractivity contribution is 7.13. The molecule has 0 radical (unpaired) electrons. The van der Waals surface area contributed by atoms with Crippen molar-refractivity contribution in [2.75, 3.05) is 0 Å². The second-order valence-electron chi connectivity index (χ2n) is 4.57. The van der Waals surface area contributed by atoms with Crippen LogP contribution in [0.25, 0.3) is 0 Å². The highest BCUT2D eigenvalue weighted by Crippen LogP contribution is 2.19. The van der Waals surface area contributed by atoms with Crippen molar-refractivity contribution in [3.05, 3.63) is 21.9 Å². The molecule has 0 saturated heterocycles. The number of amides is 1. The van der Waals surface area contributed by atoms with Crippen LogP contribution in [0.5, 0.6) is 0 Å². The van der Waals surface area contributed by atoms with Crippen molar-refractivity contribution in [3.63, 3.8) is 0 Å². The Labute approximate surface area is 101 Å². The van der Waals surface area contributed by atoms with Gasteiger partial charge in [0.25, 0.3) is 5.91 Å². The van der Waals surface area contributed by atoms with Crippen LogP contribution in [0.1, 0.15) is 53.1 Å². The Bertz CT molecular complexity index is 351. The lowest BCUT2D eigenvalue weighted by Gasteiger charge is -2.15. The lowest BCUT2D eigenvalue weighted by molar-refractivity contribution is 0.0937. The molecule has 0 bridgehead atoms. The molecule has 0 unspecified atom stereocenters. The maximum atomic E-state index is 11.9. The van der Waals surface area contributed by atoms with Gasteiger partial charge in [-0.15, -0.1) is 11.3 Å². The predicted molar refractivity (Wildman–Crippen MR) is 68.0 cm³/mol.